The highest BCUT2D eigenvalue weighted by molar-refractivity contribution is 5.44. The molecular formula is C21H30O2. The number of allylic oxidation sites excluding steroid dienone is 3. The van der Waals surface area contributed by atoms with Crippen LogP contribution in [0.3, 0.4) is 0 Å². The molecule has 0 aromatic rings. The monoisotopic (exact) mass is 314 g/mol. The molecule has 23 heavy (non-hydrogen) atoms. The maximum atomic E-state index is 11.7. The van der Waals surface area contributed by atoms with Crippen molar-refractivity contribution in [1.29, 1.82) is 0 Å². The van der Waals surface area contributed by atoms with Gasteiger partial charge >= 0.3 is 0 Å². The first kappa shape index (κ1) is 15.7. The van der Waals surface area contributed by atoms with E-state index >= 15 is 0 Å². The average molecular weight is 314 g/mol. The summed E-state index contributed by atoms with van der Waals surface area (Å²) in [6, 6.07) is 0. The molecule has 0 aromatic carbocycles. The van der Waals surface area contributed by atoms with Crippen LogP contribution in [0.15, 0.2) is 35.5 Å². The molecule has 4 unspecified atom stereocenters. The van der Waals surface area contributed by atoms with Crippen LogP contribution in [0.4, 0.5) is 0 Å². The minimum atomic E-state index is -0.705. The minimum Gasteiger partial charge on any atom is -0.393 e. The first-order valence-electron chi connectivity index (χ1n) is 9.28. The summed E-state index contributed by atoms with van der Waals surface area (Å²) < 4.78 is 0. The Kier molecular flexibility index (Phi) is 3.29. The van der Waals surface area contributed by atoms with E-state index in [-0.39, 0.29) is 22.9 Å². The maximum Gasteiger partial charge on any atom is 0.0933 e. The summed E-state index contributed by atoms with van der Waals surface area (Å²) in [5.41, 5.74) is 1.86. The van der Waals surface area contributed by atoms with Gasteiger partial charge in [-0.3, -0.25) is 0 Å². The molecule has 4 aliphatic rings. The summed E-state index contributed by atoms with van der Waals surface area (Å²) in [4.78, 5) is 0. The number of aliphatic hydroxyl groups excluding tert-OH is 1. The predicted octanol–water partition coefficient (Wildman–Crippen LogP) is 4.15. The molecule has 2 heteroatoms. The van der Waals surface area contributed by atoms with Crippen molar-refractivity contribution in [3.8, 4) is 0 Å². The molecule has 0 bridgehead atoms. The van der Waals surface area contributed by atoms with Gasteiger partial charge in [0.25, 0.3) is 0 Å². The third-order valence-corrected chi connectivity index (χ3v) is 7.60. The van der Waals surface area contributed by atoms with Crippen LogP contribution in [0.5, 0.6) is 0 Å². The molecule has 2 N–H and O–H groups in total. The molecule has 0 radical (unpaired) electrons. The lowest BCUT2D eigenvalue weighted by molar-refractivity contribution is -0.0687. The lowest BCUT2D eigenvalue weighted by Gasteiger charge is -2.54. The van der Waals surface area contributed by atoms with E-state index in [1.807, 2.05) is 0 Å². The average Bonchev–Trinajstić information content (AvgIpc) is 2.83. The Balaban J connectivity index is 1.83. The molecule has 1 fully saturated rings. The Morgan fingerprint density at radius 3 is 2.70 bits per heavy atom. The van der Waals surface area contributed by atoms with Crippen molar-refractivity contribution in [3.63, 3.8) is 0 Å². The molecule has 4 rings (SSSR count). The highest BCUT2D eigenvalue weighted by Crippen LogP contribution is 2.62. The van der Waals surface area contributed by atoms with Crippen molar-refractivity contribution in [2.24, 2.45) is 22.7 Å². The van der Waals surface area contributed by atoms with Gasteiger partial charge in [0.2, 0.25) is 0 Å². The van der Waals surface area contributed by atoms with Gasteiger partial charge in [-0.25, -0.2) is 0 Å². The summed E-state index contributed by atoms with van der Waals surface area (Å²) in [5, 5.41) is 21.8. The summed E-state index contributed by atoms with van der Waals surface area (Å²) >= 11 is 0. The minimum absolute atomic E-state index is 0.0266. The van der Waals surface area contributed by atoms with E-state index in [0.29, 0.717) is 5.92 Å². The second-order valence-electron chi connectivity index (χ2n) is 9.11. The Labute approximate surface area is 140 Å². The van der Waals surface area contributed by atoms with E-state index < -0.39 is 5.60 Å². The second kappa shape index (κ2) is 4.83. The highest BCUT2D eigenvalue weighted by Gasteiger charge is 2.59. The van der Waals surface area contributed by atoms with Crippen LogP contribution in [0.1, 0.15) is 59.3 Å². The van der Waals surface area contributed by atoms with Crippen molar-refractivity contribution in [3.05, 3.63) is 35.5 Å². The fourth-order valence-corrected chi connectivity index (χ4v) is 5.74. The lowest BCUT2D eigenvalue weighted by Crippen LogP contribution is -2.54. The van der Waals surface area contributed by atoms with Gasteiger partial charge in [0.15, 0.2) is 0 Å². The maximum absolute atomic E-state index is 11.7. The number of rotatable bonds is 0. The fourth-order valence-electron chi connectivity index (χ4n) is 5.74. The van der Waals surface area contributed by atoms with Gasteiger partial charge in [-0.1, -0.05) is 50.6 Å². The summed E-state index contributed by atoms with van der Waals surface area (Å²) in [6.07, 6.45) is 14.7. The van der Waals surface area contributed by atoms with Gasteiger partial charge in [0.05, 0.1) is 11.7 Å². The zero-order valence-electron chi connectivity index (χ0n) is 14.7. The number of hydrogen-bond donors (Lipinski definition) is 2. The smallest absolute Gasteiger partial charge is 0.0933 e. The van der Waals surface area contributed by atoms with Crippen LogP contribution in [-0.2, 0) is 0 Å². The van der Waals surface area contributed by atoms with E-state index in [0.717, 1.165) is 44.1 Å². The van der Waals surface area contributed by atoms with E-state index in [2.05, 4.69) is 45.1 Å². The predicted molar refractivity (Wildman–Crippen MR) is 92.8 cm³/mol. The Hall–Kier alpha value is -0.860. The normalized spacial score (nSPS) is 47.8. The quantitative estimate of drug-likeness (QED) is 0.660. The van der Waals surface area contributed by atoms with Crippen molar-refractivity contribution in [1.82, 2.24) is 0 Å². The molecule has 0 saturated heterocycles. The van der Waals surface area contributed by atoms with Gasteiger partial charge in [0, 0.05) is 11.3 Å². The van der Waals surface area contributed by atoms with Gasteiger partial charge in [-0.05, 0) is 55.4 Å². The number of hydrogen-bond acceptors (Lipinski definition) is 2. The molecule has 2 nitrogen and oxygen atoms in total. The second-order valence-corrected chi connectivity index (χ2v) is 9.11. The van der Waals surface area contributed by atoms with Crippen molar-refractivity contribution in [2.75, 3.05) is 0 Å². The zero-order chi connectivity index (χ0) is 16.5. The zero-order valence-corrected chi connectivity index (χ0v) is 14.7. The molecule has 0 aliphatic heterocycles. The Morgan fingerprint density at radius 1 is 1.13 bits per heavy atom. The number of aliphatic hydroxyl groups is 2. The Bertz CT molecular complexity index is 611. The first-order chi connectivity index (χ1) is 10.8. The molecule has 4 aliphatic carbocycles. The molecule has 5 atom stereocenters. The SMILES string of the molecule is CC1(C)C=C2C=C3CC(O)CCC3CC[C@]2(O)C2CC=CC21C. The van der Waals surface area contributed by atoms with Crippen LogP contribution in [-0.4, -0.2) is 21.9 Å². The largest absolute Gasteiger partial charge is 0.393 e. The fraction of sp³-hybridized carbons (Fsp3) is 0.714. The van der Waals surface area contributed by atoms with Gasteiger partial charge < -0.3 is 10.2 Å². The van der Waals surface area contributed by atoms with Crippen molar-refractivity contribution < 1.29 is 10.2 Å². The number of fused-ring (bicyclic) bond motifs is 4. The molecular weight excluding hydrogens is 284 g/mol. The van der Waals surface area contributed by atoms with E-state index in [4.69, 9.17) is 0 Å². The molecule has 0 amide bonds. The Morgan fingerprint density at radius 2 is 1.91 bits per heavy atom. The van der Waals surface area contributed by atoms with Gasteiger partial charge in [-0.2, -0.15) is 0 Å². The van der Waals surface area contributed by atoms with Crippen LogP contribution in [0, 0.1) is 22.7 Å². The third-order valence-electron chi connectivity index (χ3n) is 7.60. The molecule has 0 spiro atoms. The van der Waals surface area contributed by atoms with E-state index in [9.17, 15) is 10.2 Å². The standard InChI is InChI=1S/C21H30O2/c1-19(2)13-16-11-15-12-17(22)7-6-14(15)8-10-21(16,23)18-5-4-9-20(18,19)3/h4,9,11,13-14,17-18,22-23H,5-8,10,12H2,1-3H3/t14?,17?,18?,20?,21-/m1/s1. The van der Waals surface area contributed by atoms with Crippen LogP contribution in [0.2, 0.25) is 0 Å². The summed E-state index contributed by atoms with van der Waals surface area (Å²) in [5.74, 6) is 0.824. The van der Waals surface area contributed by atoms with Crippen molar-refractivity contribution >= 4 is 0 Å². The topological polar surface area (TPSA) is 40.5 Å². The van der Waals surface area contributed by atoms with Crippen LogP contribution >= 0.6 is 0 Å². The summed E-state index contributed by atoms with van der Waals surface area (Å²) in [6.45, 7) is 6.93. The molecule has 0 aromatic heterocycles. The van der Waals surface area contributed by atoms with Crippen LogP contribution in [0.25, 0.3) is 0 Å². The van der Waals surface area contributed by atoms with Gasteiger partial charge in [-0.15, -0.1) is 0 Å². The molecule has 126 valence electrons. The van der Waals surface area contributed by atoms with Crippen LogP contribution < -0.4 is 0 Å². The lowest BCUT2D eigenvalue weighted by atomic mass is 9.51. The first-order valence-corrected chi connectivity index (χ1v) is 9.28. The molecule has 0 heterocycles. The molecule has 1 saturated carbocycles. The highest BCUT2D eigenvalue weighted by atomic mass is 16.3. The summed E-state index contributed by atoms with van der Waals surface area (Å²) in [7, 11) is 0. The van der Waals surface area contributed by atoms with E-state index in [1.165, 1.54) is 5.57 Å². The van der Waals surface area contributed by atoms with Crippen molar-refractivity contribution in [2.45, 2.75) is 71.0 Å². The van der Waals surface area contributed by atoms with E-state index in [1.54, 1.807) is 0 Å². The third kappa shape index (κ3) is 2.07. The van der Waals surface area contributed by atoms with Gasteiger partial charge in [0.1, 0.15) is 0 Å².